The molecule has 0 unspecified atom stereocenters. The number of rotatable bonds is 7. The van der Waals surface area contributed by atoms with Crippen molar-refractivity contribution < 1.29 is 9.15 Å². The molecule has 0 bridgehead atoms. The maximum Gasteiger partial charge on any atom is 0.336 e. The molecule has 0 spiro atoms. The first-order valence-corrected chi connectivity index (χ1v) is 10.0. The van der Waals surface area contributed by atoms with Gasteiger partial charge in [0.2, 0.25) is 0 Å². The van der Waals surface area contributed by atoms with Gasteiger partial charge >= 0.3 is 5.63 Å². The van der Waals surface area contributed by atoms with Gasteiger partial charge in [-0.15, -0.1) is 0 Å². The van der Waals surface area contributed by atoms with Gasteiger partial charge in [-0.05, 0) is 69.9 Å². The fraction of sp³-hybridized carbons (Fsp3) is 0.269. The molecule has 1 heterocycles. The summed E-state index contributed by atoms with van der Waals surface area (Å²) < 4.78 is 11.5. The van der Waals surface area contributed by atoms with Crippen LogP contribution < -0.4 is 10.4 Å². The van der Waals surface area contributed by atoms with Crippen LogP contribution in [0.15, 0.2) is 81.0 Å². The third kappa shape index (κ3) is 5.26. The maximum absolute atomic E-state index is 12.2. The van der Waals surface area contributed by atoms with Crippen molar-refractivity contribution in [2.75, 3.05) is 6.61 Å². The second kappa shape index (κ2) is 9.42. The second-order valence-electron chi connectivity index (χ2n) is 7.59. The molecule has 0 fully saturated rings. The van der Waals surface area contributed by atoms with E-state index in [4.69, 9.17) is 9.15 Å². The molecule has 3 heteroatoms. The highest BCUT2D eigenvalue weighted by Crippen LogP contribution is 2.33. The Kier molecular flexibility index (Phi) is 6.71. The molecule has 3 aromatic rings. The molecule has 3 nitrogen and oxygen atoms in total. The van der Waals surface area contributed by atoms with Crippen LogP contribution in [0.4, 0.5) is 0 Å². The summed E-state index contributed by atoms with van der Waals surface area (Å²) in [7, 11) is 0. The molecule has 0 saturated carbocycles. The summed E-state index contributed by atoms with van der Waals surface area (Å²) in [6.07, 6.45) is 6.44. The van der Waals surface area contributed by atoms with Crippen LogP contribution in [0.25, 0.3) is 22.1 Å². The Hall–Kier alpha value is -3.07. The van der Waals surface area contributed by atoms with Crippen molar-refractivity contribution in [2.45, 2.75) is 40.5 Å². The van der Waals surface area contributed by atoms with Crippen molar-refractivity contribution >= 4 is 11.0 Å². The van der Waals surface area contributed by atoms with Crippen LogP contribution in [0.2, 0.25) is 0 Å². The monoisotopic (exact) mass is 388 g/mol. The van der Waals surface area contributed by atoms with Crippen molar-refractivity contribution in [2.24, 2.45) is 0 Å². The Labute approximate surface area is 172 Å². The molecular weight excluding hydrogens is 360 g/mol. The molecule has 29 heavy (non-hydrogen) atoms. The highest BCUT2D eigenvalue weighted by Gasteiger charge is 2.13. The first kappa shape index (κ1) is 20.7. The molecule has 0 N–H and O–H groups in total. The number of hydrogen-bond donors (Lipinski definition) is 0. The zero-order valence-corrected chi connectivity index (χ0v) is 17.6. The lowest BCUT2D eigenvalue weighted by Crippen LogP contribution is -2.01. The van der Waals surface area contributed by atoms with Crippen LogP contribution in [0.1, 0.15) is 39.2 Å². The van der Waals surface area contributed by atoms with Gasteiger partial charge in [-0.2, -0.15) is 0 Å². The van der Waals surface area contributed by atoms with Crippen LogP contribution in [0.3, 0.4) is 0 Å². The van der Waals surface area contributed by atoms with Gasteiger partial charge in [0.05, 0.1) is 0 Å². The summed E-state index contributed by atoms with van der Waals surface area (Å²) in [4.78, 5) is 12.2. The minimum atomic E-state index is -0.355. The summed E-state index contributed by atoms with van der Waals surface area (Å²) in [5.41, 5.74) is 5.59. The zero-order valence-electron chi connectivity index (χ0n) is 17.6. The fourth-order valence-corrected chi connectivity index (χ4v) is 3.32. The van der Waals surface area contributed by atoms with Gasteiger partial charge in [0.1, 0.15) is 17.9 Å². The Morgan fingerprint density at radius 3 is 2.52 bits per heavy atom. The molecule has 0 amide bonds. The number of ether oxygens (including phenoxy) is 1. The van der Waals surface area contributed by atoms with Crippen molar-refractivity contribution in [3.05, 3.63) is 87.8 Å². The van der Waals surface area contributed by atoms with E-state index in [1.807, 2.05) is 49.4 Å². The molecule has 0 radical (unpaired) electrons. The van der Waals surface area contributed by atoms with E-state index in [0.717, 1.165) is 40.7 Å². The summed E-state index contributed by atoms with van der Waals surface area (Å²) in [6, 6.07) is 15.4. The summed E-state index contributed by atoms with van der Waals surface area (Å²) >= 11 is 0. The van der Waals surface area contributed by atoms with E-state index < -0.39 is 0 Å². The van der Waals surface area contributed by atoms with Gasteiger partial charge < -0.3 is 9.15 Å². The van der Waals surface area contributed by atoms with E-state index in [1.165, 1.54) is 11.1 Å². The molecule has 2 aromatic carbocycles. The SMILES string of the molecule is CC(C)=CCC/C(C)=C/COc1ccc2c(-c3ccccc3)cc(=O)oc2c1C. The van der Waals surface area contributed by atoms with E-state index in [9.17, 15) is 4.79 Å². The minimum Gasteiger partial charge on any atom is -0.489 e. The van der Waals surface area contributed by atoms with Crippen LogP contribution >= 0.6 is 0 Å². The molecule has 0 atom stereocenters. The smallest absolute Gasteiger partial charge is 0.336 e. The van der Waals surface area contributed by atoms with E-state index in [-0.39, 0.29) is 5.63 Å². The van der Waals surface area contributed by atoms with Crippen molar-refractivity contribution in [3.8, 4) is 16.9 Å². The zero-order chi connectivity index (χ0) is 20.8. The lowest BCUT2D eigenvalue weighted by atomic mass is 10.0. The predicted molar refractivity (Wildman–Crippen MR) is 121 cm³/mol. The lowest BCUT2D eigenvalue weighted by molar-refractivity contribution is 0.358. The van der Waals surface area contributed by atoms with Gasteiger partial charge in [-0.3, -0.25) is 0 Å². The van der Waals surface area contributed by atoms with Gasteiger partial charge in [0.25, 0.3) is 0 Å². The molecule has 0 aliphatic rings. The normalized spacial score (nSPS) is 11.5. The van der Waals surface area contributed by atoms with E-state index in [1.54, 1.807) is 6.07 Å². The minimum absolute atomic E-state index is 0.355. The topological polar surface area (TPSA) is 39.4 Å². The Morgan fingerprint density at radius 1 is 1.03 bits per heavy atom. The molecule has 3 rings (SSSR count). The molecule has 1 aromatic heterocycles. The summed E-state index contributed by atoms with van der Waals surface area (Å²) in [5, 5.41) is 0.911. The highest BCUT2D eigenvalue weighted by molar-refractivity contribution is 5.95. The van der Waals surface area contributed by atoms with Crippen molar-refractivity contribution in [1.29, 1.82) is 0 Å². The Balaban J connectivity index is 1.84. The molecule has 150 valence electrons. The average molecular weight is 389 g/mol. The Morgan fingerprint density at radius 2 is 1.79 bits per heavy atom. The first-order valence-electron chi connectivity index (χ1n) is 10.0. The van der Waals surface area contributed by atoms with Gasteiger partial charge in [-0.1, -0.05) is 47.6 Å². The third-order valence-electron chi connectivity index (χ3n) is 4.96. The van der Waals surface area contributed by atoms with Crippen LogP contribution in [0, 0.1) is 6.92 Å². The van der Waals surface area contributed by atoms with Crippen LogP contribution in [0.5, 0.6) is 5.75 Å². The fourth-order valence-electron chi connectivity index (χ4n) is 3.32. The Bertz CT molecular complexity index is 1100. The van der Waals surface area contributed by atoms with Crippen LogP contribution in [-0.4, -0.2) is 6.61 Å². The van der Waals surface area contributed by atoms with Gasteiger partial charge in [0.15, 0.2) is 0 Å². The quantitative estimate of drug-likeness (QED) is 0.328. The number of hydrogen-bond acceptors (Lipinski definition) is 3. The molecule has 0 aliphatic carbocycles. The first-order chi connectivity index (χ1) is 14.0. The largest absolute Gasteiger partial charge is 0.489 e. The highest BCUT2D eigenvalue weighted by atomic mass is 16.5. The van der Waals surface area contributed by atoms with E-state index >= 15 is 0 Å². The predicted octanol–water partition coefficient (Wildman–Crippen LogP) is 6.84. The number of allylic oxidation sites excluding steroid dienone is 3. The second-order valence-corrected chi connectivity index (χ2v) is 7.59. The molecular formula is C26H28O3. The lowest BCUT2D eigenvalue weighted by Gasteiger charge is -2.12. The van der Waals surface area contributed by atoms with Crippen molar-refractivity contribution in [3.63, 3.8) is 0 Å². The van der Waals surface area contributed by atoms with Gasteiger partial charge in [0, 0.05) is 17.0 Å². The molecule has 0 saturated heterocycles. The van der Waals surface area contributed by atoms with E-state index in [2.05, 4.69) is 32.9 Å². The standard InChI is InChI=1S/C26H28O3/c1-18(2)9-8-10-19(3)15-16-28-24-14-13-22-23(21-11-6-5-7-12-21)17-25(27)29-26(22)20(24)4/h5-7,9,11-15,17H,8,10,16H2,1-4H3/b19-15+. The van der Waals surface area contributed by atoms with Gasteiger partial charge in [-0.25, -0.2) is 4.79 Å². The average Bonchev–Trinajstić information content (AvgIpc) is 2.70. The number of fused-ring (bicyclic) bond motifs is 1. The number of benzene rings is 2. The third-order valence-corrected chi connectivity index (χ3v) is 4.96. The van der Waals surface area contributed by atoms with E-state index in [0.29, 0.717) is 12.2 Å². The van der Waals surface area contributed by atoms with Crippen LogP contribution in [-0.2, 0) is 0 Å². The summed E-state index contributed by atoms with van der Waals surface area (Å²) in [6.45, 7) is 8.79. The molecule has 0 aliphatic heterocycles. The van der Waals surface area contributed by atoms with Crippen molar-refractivity contribution in [1.82, 2.24) is 0 Å². The number of aryl methyl sites for hydroxylation is 1. The maximum atomic E-state index is 12.2. The summed E-state index contributed by atoms with van der Waals surface area (Å²) in [5.74, 6) is 0.735.